The van der Waals surface area contributed by atoms with Crippen molar-refractivity contribution < 1.29 is 14.3 Å². The van der Waals surface area contributed by atoms with E-state index in [2.05, 4.69) is 18.9 Å². The first-order valence-electron chi connectivity index (χ1n) is 8.79. The third-order valence-corrected chi connectivity index (χ3v) is 4.26. The maximum Gasteiger partial charge on any atom is 0.310 e. The minimum absolute atomic E-state index is 0.123. The zero-order valence-electron chi connectivity index (χ0n) is 16.2. The molecule has 140 valence electrons. The summed E-state index contributed by atoms with van der Waals surface area (Å²) in [5.41, 5.74) is 3.43. The molecule has 2 aromatic rings. The van der Waals surface area contributed by atoms with Crippen LogP contribution in [-0.4, -0.2) is 35.3 Å². The van der Waals surface area contributed by atoms with Gasteiger partial charge in [-0.05, 0) is 31.9 Å². The molecule has 1 aromatic heterocycles. The van der Waals surface area contributed by atoms with E-state index in [1.54, 1.807) is 7.05 Å². The first-order chi connectivity index (χ1) is 12.3. The Bertz CT molecular complexity index is 766. The van der Waals surface area contributed by atoms with Crippen molar-refractivity contribution in [2.75, 3.05) is 18.6 Å². The minimum Gasteiger partial charge on any atom is -0.455 e. The number of aromatic nitrogens is 2. The molecule has 1 aromatic carbocycles. The summed E-state index contributed by atoms with van der Waals surface area (Å²) >= 11 is 0. The van der Waals surface area contributed by atoms with Gasteiger partial charge in [0, 0.05) is 30.5 Å². The molecule has 6 heteroatoms. The average molecular weight is 357 g/mol. The lowest BCUT2D eigenvalue weighted by molar-refractivity contribution is -0.147. The highest BCUT2D eigenvalue weighted by Gasteiger charge is 2.18. The van der Waals surface area contributed by atoms with Crippen molar-refractivity contribution in [2.24, 2.45) is 5.92 Å². The van der Waals surface area contributed by atoms with E-state index >= 15 is 0 Å². The lowest BCUT2D eigenvalue weighted by Crippen LogP contribution is -2.31. The average Bonchev–Trinajstić information content (AvgIpc) is 2.86. The van der Waals surface area contributed by atoms with Gasteiger partial charge >= 0.3 is 5.97 Å². The van der Waals surface area contributed by atoms with Gasteiger partial charge in [0.2, 0.25) is 0 Å². The summed E-state index contributed by atoms with van der Waals surface area (Å²) in [6.45, 7) is 8.63. The highest BCUT2D eigenvalue weighted by atomic mass is 16.5. The van der Waals surface area contributed by atoms with Crippen molar-refractivity contribution in [1.29, 1.82) is 0 Å². The number of esters is 1. The smallest absolute Gasteiger partial charge is 0.310 e. The van der Waals surface area contributed by atoms with Gasteiger partial charge < -0.3 is 9.64 Å². The Kier molecular flexibility index (Phi) is 6.55. The quantitative estimate of drug-likeness (QED) is 0.715. The van der Waals surface area contributed by atoms with Gasteiger partial charge in [-0.25, -0.2) is 0 Å². The van der Waals surface area contributed by atoms with Gasteiger partial charge in [-0.2, -0.15) is 5.10 Å². The fourth-order valence-electron chi connectivity index (χ4n) is 2.74. The number of rotatable bonds is 7. The Morgan fingerprint density at radius 1 is 1.19 bits per heavy atom. The number of aryl methyl sites for hydroxylation is 1. The molecule has 1 amide bonds. The summed E-state index contributed by atoms with van der Waals surface area (Å²) in [5.74, 6) is -0.220. The fourth-order valence-corrected chi connectivity index (χ4v) is 2.74. The van der Waals surface area contributed by atoms with Gasteiger partial charge in [-0.1, -0.05) is 32.0 Å². The Labute approximate surface area is 154 Å². The van der Waals surface area contributed by atoms with Gasteiger partial charge in [-0.3, -0.25) is 14.3 Å². The molecule has 6 nitrogen and oxygen atoms in total. The molecule has 1 heterocycles. The highest BCUT2D eigenvalue weighted by molar-refractivity contribution is 5.94. The van der Waals surface area contributed by atoms with Crippen molar-refractivity contribution in [3.05, 3.63) is 47.3 Å². The first kappa shape index (κ1) is 19.7. The standard InChI is InChI=1S/C20H27N3O3/c1-14(2)12-23-16(4)18(15(3)21-23)11-20(25)26-13-19(24)22(5)17-9-7-6-8-10-17/h6-10,14H,11-13H2,1-5H3. The molecule has 0 saturated carbocycles. The Balaban J connectivity index is 1.93. The zero-order chi connectivity index (χ0) is 19.3. The lowest BCUT2D eigenvalue weighted by atomic mass is 10.1. The number of para-hydroxylation sites is 1. The summed E-state index contributed by atoms with van der Waals surface area (Å²) < 4.78 is 7.11. The predicted octanol–water partition coefficient (Wildman–Crippen LogP) is 2.90. The number of anilines is 1. The first-order valence-corrected chi connectivity index (χ1v) is 8.79. The molecule has 0 aliphatic rings. The number of carbonyl (C=O) groups is 2. The summed E-state index contributed by atoms with van der Waals surface area (Å²) in [4.78, 5) is 25.9. The minimum atomic E-state index is -0.421. The molecule has 0 unspecified atom stereocenters. The number of benzene rings is 1. The van der Waals surface area contributed by atoms with E-state index in [0.717, 1.165) is 29.2 Å². The molecule has 0 atom stereocenters. The van der Waals surface area contributed by atoms with E-state index in [4.69, 9.17) is 4.74 Å². The number of hydrogen-bond acceptors (Lipinski definition) is 4. The largest absolute Gasteiger partial charge is 0.455 e. The van der Waals surface area contributed by atoms with E-state index in [1.165, 1.54) is 4.90 Å². The van der Waals surface area contributed by atoms with Crippen LogP contribution in [0.5, 0.6) is 0 Å². The van der Waals surface area contributed by atoms with Crippen LogP contribution in [0.25, 0.3) is 0 Å². The zero-order valence-corrected chi connectivity index (χ0v) is 16.2. The van der Waals surface area contributed by atoms with Gasteiger partial charge in [0.05, 0.1) is 12.1 Å². The van der Waals surface area contributed by atoms with E-state index in [0.29, 0.717) is 5.92 Å². The van der Waals surface area contributed by atoms with Crippen molar-refractivity contribution in [3.63, 3.8) is 0 Å². The number of carbonyl (C=O) groups excluding carboxylic acids is 2. The third kappa shape index (κ3) is 4.94. The van der Waals surface area contributed by atoms with Gasteiger partial charge in [0.15, 0.2) is 6.61 Å². The van der Waals surface area contributed by atoms with Crippen molar-refractivity contribution >= 4 is 17.6 Å². The van der Waals surface area contributed by atoms with Crippen molar-refractivity contribution in [3.8, 4) is 0 Å². The molecule has 0 N–H and O–H groups in total. The predicted molar refractivity (Wildman–Crippen MR) is 101 cm³/mol. The van der Waals surface area contributed by atoms with E-state index in [-0.39, 0.29) is 18.9 Å². The molecule has 0 aliphatic carbocycles. The molecule has 0 saturated heterocycles. The maximum absolute atomic E-state index is 12.2. The van der Waals surface area contributed by atoms with E-state index < -0.39 is 5.97 Å². The second-order valence-electron chi connectivity index (χ2n) is 6.85. The molecule has 0 spiro atoms. The molecule has 0 radical (unpaired) electrons. The van der Waals surface area contributed by atoms with Gasteiger partial charge in [0.25, 0.3) is 5.91 Å². The highest BCUT2D eigenvalue weighted by Crippen LogP contribution is 2.16. The second-order valence-corrected chi connectivity index (χ2v) is 6.85. The summed E-state index contributed by atoms with van der Waals surface area (Å²) in [5, 5.41) is 4.50. The molecular formula is C20H27N3O3. The Morgan fingerprint density at radius 2 is 1.85 bits per heavy atom. The van der Waals surface area contributed by atoms with Crippen LogP contribution in [0.4, 0.5) is 5.69 Å². The molecule has 0 aliphatic heterocycles. The lowest BCUT2D eigenvalue weighted by Gasteiger charge is -2.17. The van der Waals surface area contributed by atoms with Gasteiger partial charge in [-0.15, -0.1) is 0 Å². The third-order valence-electron chi connectivity index (χ3n) is 4.26. The summed E-state index contributed by atoms with van der Waals surface area (Å²) in [6.07, 6.45) is 0.123. The van der Waals surface area contributed by atoms with Crippen LogP contribution < -0.4 is 4.90 Å². The molecule has 26 heavy (non-hydrogen) atoms. The van der Waals surface area contributed by atoms with Crippen LogP contribution in [0.3, 0.4) is 0 Å². The maximum atomic E-state index is 12.2. The van der Waals surface area contributed by atoms with Crippen LogP contribution >= 0.6 is 0 Å². The van der Waals surface area contributed by atoms with Crippen LogP contribution in [0.2, 0.25) is 0 Å². The molecule has 2 rings (SSSR count). The monoisotopic (exact) mass is 357 g/mol. The number of likely N-dealkylation sites (N-methyl/N-ethyl adjacent to an activating group) is 1. The Hall–Kier alpha value is -2.63. The molecule has 0 fully saturated rings. The molecule has 0 bridgehead atoms. The van der Waals surface area contributed by atoms with E-state index in [9.17, 15) is 9.59 Å². The van der Waals surface area contributed by atoms with Crippen molar-refractivity contribution in [1.82, 2.24) is 9.78 Å². The molecular weight excluding hydrogens is 330 g/mol. The number of ether oxygens (including phenoxy) is 1. The number of hydrogen-bond donors (Lipinski definition) is 0. The topological polar surface area (TPSA) is 64.4 Å². The fraction of sp³-hybridized carbons (Fsp3) is 0.450. The normalized spacial score (nSPS) is 10.8. The van der Waals surface area contributed by atoms with Gasteiger partial charge in [0.1, 0.15) is 0 Å². The summed E-state index contributed by atoms with van der Waals surface area (Å²) in [6, 6.07) is 9.24. The number of amides is 1. The van der Waals surface area contributed by atoms with Crippen LogP contribution in [-0.2, 0) is 27.3 Å². The Morgan fingerprint density at radius 3 is 2.46 bits per heavy atom. The van der Waals surface area contributed by atoms with E-state index in [1.807, 2.05) is 48.9 Å². The summed E-state index contributed by atoms with van der Waals surface area (Å²) in [7, 11) is 1.66. The van der Waals surface area contributed by atoms with Crippen LogP contribution in [0, 0.1) is 19.8 Å². The van der Waals surface area contributed by atoms with Crippen molar-refractivity contribution in [2.45, 2.75) is 40.7 Å². The van der Waals surface area contributed by atoms with Crippen LogP contribution in [0.15, 0.2) is 30.3 Å². The number of nitrogens with zero attached hydrogens (tertiary/aromatic N) is 3. The van der Waals surface area contributed by atoms with Crippen LogP contribution in [0.1, 0.15) is 30.8 Å². The second kappa shape index (κ2) is 8.65. The SMILES string of the molecule is Cc1nn(CC(C)C)c(C)c1CC(=O)OCC(=O)N(C)c1ccccc1.